The molecule has 0 radical (unpaired) electrons. The van der Waals surface area contributed by atoms with Gasteiger partial charge < -0.3 is 40.2 Å². The number of rotatable bonds is 22. The number of β-amino-alcohol motifs (C(OH)–C–C–N with tert-alkyl or cyclic N) is 1. The number of carbonyl (C=O) groups excluding carboxylic acids is 4. The fourth-order valence-electron chi connectivity index (χ4n) is 10.3. The molecule has 6 aromatic rings. The zero-order valence-corrected chi connectivity index (χ0v) is 46.6. The molecular formula is C58H71F2N11O8S. The van der Waals surface area contributed by atoms with Crippen LogP contribution in [0.5, 0.6) is 0 Å². The maximum absolute atomic E-state index is 15.4. The van der Waals surface area contributed by atoms with Crippen LogP contribution in [-0.4, -0.2) is 172 Å². The van der Waals surface area contributed by atoms with Gasteiger partial charge in [-0.2, -0.15) is 5.10 Å². The number of aliphatic hydroxyl groups is 1. The number of ether oxygens (including phenoxy) is 3. The lowest BCUT2D eigenvalue weighted by molar-refractivity contribution is -0.144. The van der Waals surface area contributed by atoms with Crippen LogP contribution in [0.15, 0.2) is 78.7 Å². The highest BCUT2D eigenvalue weighted by molar-refractivity contribution is 7.13. The molecule has 0 bridgehead atoms. The third-order valence-electron chi connectivity index (χ3n) is 14.8. The maximum Gasteiger partial charge on any atom is 0.246 e. The van der Waals surface area contributed by atoms with Gasteiger partial charge in [0.1, 0.15) is 23.7 Å². The summed E-state index contributed by atoms with van der Waals surface area (Å²) in [4.78, 5) is 73.8. The summed E-state index contributed by atoms with van der Waals surface area (Å²) in [6.45, 7) is 13.0. The Kier molecular flexibility index (Phi) is 19.4. The van der Waals surface area contributed by atoms with Crippen molar-refractivity contribution in [3.05, 3.63) is 107 Å². The lowest BCUT2D eigenvalue weighted by Crippen LogP contribution is -2.57. The molecule has 3 aromatic carbocycles. The van der Waals surface area contributed by atoms with Crippen LogP contribution < -0.4 is 16.0 Å². The van der Waals surface area contributed by atoms with E-state index in [0.29, 0.717) is 73.8 Å². The number of carbonyl (C=O) groups is 4. The van der Waals surface area contributed by atoms with Crippen molar-refractivity contribution in [2.75, 3.05) is 85.5 Å². The monoisotopic (exact) mass is 1120 g/mol. The molecule has 3 fully saturated rings. The van der Waals surface area contributed by atoms with Crippen LogP contribution in [0.25, 0.3) is 43.9 Å². The predicted molar refractivity (Wildman–Crippen MR) is 298 cm³/mol. The summed E-state index contributed by atoms with van der Waals surface area (Å²) in [5, 5.41) is 23.9. The Morgan fingerprint density at radius 1 is 0.863 bits per heavy atom. The van der Waals surface area contributed by atoms with Crippen molar-refractivity contribution in [1.29, 1.82) is 0 Å². The first-order chi connectivity index (χ1) is 38.6. The van der Waals surface area contributed by atoms with Crippen LogP contribution in [0.4, 0.5) is 8.78 Å². The van der Waals surface area contributed by atoms with Crippen LogP contribution in [0.1, 0.15) is 69.3 Å². The van der Waals surface area contributed by atoms with E-state index in [1.165, 1.54) is 17.0 Å². The molecule has 4 amide bonds. The molecule has 3 atom stereocenters. The van der Waals surface area contributed by atoms with Gasteiger partial charge in [0.25, 0.3) is 0 Å². The molecule has 22 heteroatoms. The van der Waals surface area contributed by atoms with Crippen LogP contribution in [-0.2, 0) is 46.5 Å². The van der Waals surface area contributed by atoms with Gasteiger partial charge in [-0.1, -0.05) is 57.2 Å². The van der Waals surface area contributed by atoms with Crippen molar-refractivity contribution in [3.8, 4) is 32.8 Å². The SMILES string of the molecule is Cc1ncsc1-c1ccc(CNC(=O)[C@@H]2C[C@@H](O)CN2C(=O)[C@@H](NC(=O)CCOCCOCCNC(=O)CN2CCC(n3cc(-c4cnc5cccc(-c6cc(F)c(CN7CCOCC7)c(F)c6)c5n4)cn3)CC2)C(C)(C)C)cc1. The predicted octanol–water partition coefficient (Wildman–Crippen LogP) is 5.69. The van der Waals surface area contributed by atoms with E-state index in [9.17, 15) is 24.3 Å². The lowest BCUT2D eigenvalue weighted by Gasteiger charge is -2.35. The van der Waals surface area contributed by atoms with E-state index < -0.39 is 41.1 Å². The van der Waals surface area contributed by atoms with Gasteiger partial charge in [-0.05, 0) is 60.1 Å². The van der Waals surface area contributed by atoms with E-state index in [1.54, 1.807) is 35.9 Å². The van der Waals surface area contributed by atoms with Gasteiger partial charge in [0.15, 0.2) is 0 Å². The largest absolute Gasteiger partial charge is 0.391 e. The average Bonchev–Trinajstić information content (AvgIpc) is 4.26. The number of halogens is 2. The summed E-state index contributed by atoms with van der Waals surface area (Å²) >= 11 is 1.57. The second kappa shape index (κ2) is 26.7. The molecule has 80 heavy (non-hydrogen) atoms. The molecule has 6 heterocycles. The van der Waals surface area contributed by atoms with Gasteiger partial charge in [0, 0.05) is 88.1 Å². The molecule has 3 saturated heterocycles. The van der Waals surface area contributed by atoms with Crippen LogP contribution in [0, 0.1) is 24.0 Å². The van der Waals surface area contributed by atoms with Crippen molar-refractivity contribution in [1.82, 2.24) is 55.4 Å². The third kappa shape index (κ3) is 14.8. The summed E-state index contributed by atoms with van der Waals surface area (Å²) in [6, 6.07) is 14.3. The van der Waals surface area contributed by atoms with Gasteiger partial charge in [0.2, 0.25) is 23.6 Å². The van der Waals surface area contributed by atoms with E-state index in [2.05, 4.69) is 35.9 Å². The number of hydrogen-bond acceptors (Lipinski definition) is 15. The van der Waals surface area contributed by atoms with E-state index in [-0.39, 0.29) is 94.8 Å². The molecule has 4 N–H and O–H groups in total. The van der Waals surface area contributed by atoms with Crippen LogP contribution in [0.2, 0.25) is 0 Å². The van der Waals surface area contributed by atoms with Gasteiger partial charge in [-0.25, -0.2) is 18.7 Å². The minimum Gasteiger partial charge on any atom is -0.391 e. The van der Waals surface area contributed by atoms with Gasteiger partial charge in [0.05, 0.1) is 104 Å². The zero-order valence-electron chi connectivity index (χ0n) is 45.8. The molecule has 19 nitrogen and oxygen atoms in total. The fraction of sp³-hybridized carbons (Fsp3) is 0.483. The fourth-order valence-corrected chi connectivity index (χ4v) is 11.1. The number of amides is 4. The number of likely N-dealkylation sites (tertiary alicyclic amines) is 2. The lowest BCUT2D eigenvalue weighted by atomic mass is 9.85. The van der Waals surface area contributed by atoms with Crippen molar-refractivity contribution >= 4 is 46.0 Å². The summed E-state index contributed by atoms with van der Waals surface area (Å²) in [5.41, 5.74) is 7.47. The molecule has 0 aliphatic carbocycles. The van der Waals surface area contributed by atoms with Crippen molar-refractivity contribution in [2.45, 2.75) is 90.7 Å². The molecule has 0 saturated carbocycles. The number of hydrogen-bond donors (Lipinski definition) is 4. The molecule has 426 valence electrons. The summed E-state index contributed by atoms with van der Waals surface area (Å²) in [6.07, 6.45) is 6.15. The van der Waals surface area contributed by atoms with Gasteiger partial charge >= 0.3 is 0 Å². The Morgan fingerprint density at radius 3 is 2.31 bits per heavy atom. The summed E-state index contributed by atoms with van der Waals surface area (Å²) < 4.78 is 49.5. The van der Waals surface area contributed by atoms with Crippen molar-refractivity contribution < 1.29 is 47.3 Å². The highest BCUT2D eigenvalue weighted by Crippen LogP contribution is 2.33. The Labute approximate surface area is 468 Å². The number of aryl methyl sites for hydroxylation is 1. The standard InChI is InChI=1S/C58H71F2N11O8S/c1-37-54(80-36-64-37)39-10-8-38(9-11-39)29-63-56(75)50-28-43(72)33-70(50)57(76)55(58(2,3)4)67-51(73)14-20-77-24-25-78-21-15-61-52(74)35-68-16-12-42(13-17-68)71-32-41(30-65-71)49-31-62-48-7-5-6-44(53(48)66-49)40-26-46(59)45(47(60)27-40)34-69-18-22-79-23-19-69/h5-11,26-27,30-32,36,42-43,50,55,72H,12-25,28-29,33-35H2,1-4H3,(H,61,74)(H,63,75)(H,67,73)/t43-,50+,55-/m1/s1. The number of morpholine rings is 1. The average molecular weight is 1120 g/mol. The number of thiazole rings is 1. The third-order valence-corrected chi connectivity index (χ3v) is 15.8. The first kappa shape index (κ1) is 58.0. The molecule has 3 aromatic heterocycles. The molecular weight excluding hydrogens is 1050 g/mol. The topological polar surface area (TPSA) is 218 Å². The number of fused-ring (bicyclic) bond motifs is 1. The van der Waals surface area contributed by atoms with Crippen molar-refractivity contribution in [2.24, 2.45) is 5.41 Å². The van der Waals surface area contributed by atoms with Gasteiger partial charge in [-0.3, -0.25) is 38.6 Å². The zero-order chi connectivity index (χ0) is 56.3. The minimum atomic E-state index is -0.955. The number of piperidine rings is 1. The van der Waals surface area contributed by atoms with E-state index in [4.69, 9.17) is 19.2 Å². The highest BCUT2D eigenvalue weighted by atomic mass is 32.1. The Morgan fingerprint density at radius 2 is 1.60 bits per heavy atom. The summed E-state index contributed by atoms with van der Waals surface area (Å²) in [5.74, 6) is -2.52. The molecule has 9 rings (SSSR count). The molecule has 3 aliphatic heterocycles. The maximum atomic E-state index is 15.4. The number of para-hydroxylation sites is 1. The van der Waals surface area contributed by atoms with Crippen molar-refractivity contribution in [3.63, 3.8) is 0 Å². The van der Waals surface area contributed by atoms with Crippen LogP contribution >= 0.6 is 11.3 Å². The van der Waals surface area contributed by atoms with Crippen LogP contribution in [0.3, 0.4) is 0 Å². The number of nitrogens with zero attached hydrogens (tertiary/aromatic N) is 8. The number of benzene rings is 3. The van der Waals surface area contributed by atoms with Gasteiger partial charge in [-0.15, -0.1) is 11.3 Å². The number of nitrogens with one attached hydrogen (secondary N) is 3. The second-order valence-corrected chi connectivity index (χ2v) is 22.6. The molecule has 0 spiro atoms. The Hall–Kier alpha value is -6.66. The molecule has 3 aliphatic rings. The van der Waals surface area contributed by atoms with E-state index in [1.807, 2.05) is 79.3 Å². The Bertz CT molecular complexity index is 3080. The van der Waals surface area contributed by atoms with E-state index >= 15 is 8.78 Å². The van der Waals surface area contributed by atoms with E-state index in [0.717, 1.165) is 40.1 Å². The number of aliphatic hydroxyl groups excluding tert-OH is 1. The smallest absolute Gasteiger partial charge is 0.246 e. The highest BCUT2D eigenvalue weighted by Gasteiger charge is 2.44. The second-order valence-electron chi connectivity index (χ2n) is 21.7. The Balaban J connectivity index is 0.648. The normalized spacial score (nSPS) is 17.9. The minimum absolute atomic E-state index is 0.00568. The molecule has 0 unspecified atom stereocenters. The first-order valence-corrected chi connectivity index (χ1v) is 28.2. The summed E-state index contributed by atoms with van der Waals surface area (Å²) in [7, 11) is 0. The number of aromatic nitrogens is 5. The first-order valence-electron chi connectivity index (χ1n) is 27.4. The quantitative estimate of drug-likeness (QED) is 0.0601.